The molecule has 0 saturated carbocycles. The molecule has 158 valence electrons. The summed E-state index contributed by atoms with van der Waals surface area (Å²) in [6, 6.07) is 17.6. The Morgan fingerprint density at radius 3 is 2.13 bits per heavy atom. The molecule has 0 bridgehead atoms. The van der Waals surface area contributed by atoms with Crippen LogP contribution in [0.25, 0.3) is 11.3 Å². The molecule has 1 aromatic heterocycles. The minimum atomic E-state index is -3.68. The first-order valence-electron chi connectivity index (χ1n) is 9.06. The van der Waals surface area contributed by atoms with Gasteiger partial charge in [0.2, 0.25) is 0 Å². The van der Waals surface area contributed by atoms with Gasteiger partial charge < -0.3 is 10.8 Å². The summed E-state index contributed by atoms with van der Waals surface area (Å²) < 4.78 is 24.4. The average molecular weight is 429 g/mol. The van der Waals surface area contributed by atoms with E-state index < -0.39 is 27.5 Å². The van der Waals surface area contributed by atoms with E-state index in [-0.39, 0.29) is 4.90 Å². The van der Waals surface area contributed by atoms with Crippen LogP contribution in [0.3, 0.4) is 0 Å². The van der Waals surface area contributed by atoms with Crippen molar-refractivity contribution in [3.63, 3.8) is 0 Å². The zero-order valence-corrected chi connectivity index (χ0v) is 17.5. The van der Waals surface area contributed by atoms with Gasteiger partial charge in [-0.2, -0.15) is 5.10 Å². The van der Waals surface area contributed by atoms with Crippen LogP contribution in [-0.4, -0.2) is 40.9 Å². The van der Waals surface area contributed by atoms with Crippen molar-refractivity contribution in [3.8, 4) is 11.3 Å². The lowest BCUT2D eigenvalue weighted by atomic mass is 10.1. The van der Waals surface area contributed by atoms with E-state index in [4.69, 9.17) is 10.8 Å². The number of benzene rings is 2. The molecule has 0 aliphatic carbocycles. The van der Waals surface area contributed by atoms with E-state index in [1.165, 1.54) is 16.8 Å². The molecule has 8 nitrogen and oxygen atoms in total. The molecule has 1 amide bonds. The van der Waals surface area contributed by atoms with E-state index >= 15 is 0 Å². The van der Waals surface area contributed by atoms with Gasteiger partial charge in [-0.15, -0.1) is 0 Å². The molecule has 0 spiro atoms. The normalized spacial score (nSPS) is 10.7. The van der Waals surface area contributed by atoms with Gasteiger partial charge in [-0.3, -0.25) is 14.3 Å². The van der Waals surface area contributed by atoms with Crippen LogP contribution >= 0.6 is 0 Å². The highest BCUT2D eigenvalue weighted by Crippen LogP contribution is 2.17. The number of carbonyl (C=O) groups excluding carboxylic acids is 1. The molecule has 0 aliphatic heterocycles. The van der Waals surface area contributed by atoms with Gasteiger partial charge in [-0.05, 0) is 30.2 Å². The fourth-order valence-electron chi connectivity index (χ4n) is 2.63. The SMILES string of the molecule is CCc1ccc(S(=O)(=O)CC(=O)O)cc1.Cn1nc(-c2ccccc2)cc1C(N)=O. The van der Waals surface area contributed by atoms with E-state index in [0.717, 1.165) is 23.2 Å². The molecule has 0 unspecified atom stereocenters. The molecule has 2 aromatic carbocycles. The summed E-state index contributed by atoms with van der Waals surface area (Å²) >= 11 is 0. The zero-order chi connectivity index (χ0) is 22.3. The summed E-state index contributed by atoms with van der Waals surface area (Å²) in [5.74, 6) is -2.67. The minimum Gasteiger partial charge on any atom is -0.480 e. The Kier molecular flexibility index (Phi) is 7.48. The Labute approximate surface area is 174 Å². The van der Waals surface area contributed by atoms with Crippen LogP contribution in [-0.2, 0) is 28.1 Å². The lowest BCUT2D eigenvalue weighted by molar-refractivity contribution is -0.134. The van der Waals surface area contributed by atoms with E-state index in [9.17, 15) is 18.0 Å². The van der Waals surface area contributed by atoms with Gasteiger partial charge in [-0.25, -0.2) is 8.42 Å². The summed E-state index contributed by atoms with van der Waals surface area (Å²) in [5, 5.41) is 12.6. The molecule has 9 heteroatoms. The first-order chi connectivity index (χ1) is 14.1. The highest BCUT2D eigenvalue weighted by atomic mass is 32.2. The van der Waals surface area contributed by atoms with Gasteiger partial charge in [0.15, 0.2) is 15.6 Å². The number of rotatable bonds is 6. The maximum Gasteiger partial charge on any atom is 0.319 e. The lowest BCUT2D eigenvalue weighted by Crippen LogP contribution is -2.15. The van der Waals surface area contributed by atoms with Crippen molar-refractivity contribution in [1.82, 2.24) is 9.78 Å². The molecule has 1 heterocycles. The first kappa shape index (κ1) is 22.8. The number of nitrogens with zero attached hydrogens (tertiary/aromatic N) is 2. The van der Waals surface area contributed by atoms with Gasteiger partial charge >= 0.3 is 5.97 Å². The number of aliphatic carboxylic acids is 1. The molecule has 0 atom stereocenters. The number of carboxylic acids is 1. The van der Waals surface area contributed by atoms with Crippen LogP contribution in [0.15, 0.2) is 65.6 Å². The summed E-state index contributed by atoms with van der Waals surface area (Å²) in [7, 11) is -1.98. The van der Waals surface area contributed by atoms with E-state index in [2.05, 4.69) is 5.10 Å². The van der Waals surface area contributed by atoms with E-state index in [1.807, 2.05) is 37.3 Å². The van der Waals surface area contributed by atoms with Crippen LogP contribution in [0.1, 0.15) is 23.0 Å². The maximum absolute atomic E-state index is 11.5. The van der Waals surface area contributed by atoms with Gasteiger partial charge in [0.25, 0.3) is 5.91 Å². The third-order valence-corrected chi connectivity index (χ3v) is 5.82. The van der Waals surface area contributed by atoms with Crippen molar-refractivity contribution in [2.75, 3.05) is 5.75 Å². The first-order valence-corrected chi connectivity index (χ1v) is 10.7. The molecule has 30 heavy (non-hydrogen) atoms. The second-order valence-electron chi connectivity index (χ2n) is 6.42. The van der Waals surface area contributed by atoms with Crippen molar-refractivity contribution in [2.45, 2.75) is 18.2 Å². The number of sulfone groups is 1. The van der Waals surface area contributed by atoms with Gasteiger partial charge in [0.05, 0.1) is 10.6 Å². The van der Waals surface area contributed by atoms with Crippen LogP contribution in [0, 0.1) is 0 Å². The number of primary amides is 1. The van der Waals surface area contributed by atoms with Crippen molar-refractivity contribution in [3.05, 3.63) is 71.9 Å². The number of hydrogen-bond donors (Lipinski definition) is 2. The van der Waals surface area contributed by atoms with Crippen LogP contribution in [0.4, 0.5) is 0 Å². The fraction of sp³-hybridized carbons (Fsp3) is 0.190. The smallest absolute Gasteiger partial charge is 0.319 e. The number of hydrogen-bond acceptors (Lipinski definition) is 5. The molecule has 0 radical (unpaired) electrons. The number of aryl methyl sites for hydroxylation is 2. The van der Waals surface area contributed by atoms with Crippen molar-refractivity contribution >= 4 is 21.7 Å². The lowest BCUT2D eigenvalue weighted by Gasteiger charge is -2.02. The topological polar surface area (TPSA) is 132 Å². The number of aromatic nitrogens is 2. The minimum absolute atomic E-state index is 0.0575. The van der Waals surface area contributed by atoms with Crippen LogP contribution in [0.5, 0.6) is 0 Å². The number of carbonyl (C=O) groups is 2. The second kappa shape index (κ2) is 9.84. The molecule has 3 aromatic rings. The number of amides is 1. The average Bonchev–Trinajstić information content (AvgIpc) is 3.10. The Morgan fingerprint density at radius 1 is 1.07 bits per heavy atom. The summed E-state index contributed by atoms with van der Waals surface area (Å²) in [5.41, 5.74) is 8.36. The van der Waals surface area contributed by atoms with E-state index in [0.29, 0.717) is 5.69 Å². The predicted octanol–water partition coefficient (Wildman–Crippen LogP) is 2.29. The molecule has 0 saturated heterocycles. The van der Waals surface area contributed by atoms with Crippen molar-refractivity contribution < 1.29 is 23.1 Å². The summed E-state index contributed by atoms with van der Waals surface area (Å²) in [6.45, 7) is 1.96. The zero-order valence-electron chi connectivity index (χ0n) is 16.6. The Hall–Kier alpha value is -3.46. The van der Waals surface area contributed by atoms with Crippen LogP contribution in [0.2, 0.25) is 0 Å². The molecule has 3 N–H and O–H groups in total. The van der Waals surface area contributed by atoms with E-state index in [1.54, 1.807) is 25.2 Å². The molecule has 3 rings (SSSR count). The largest absolute Gasteiger partial charge is 0.480 e. The van der Waals surface area contributed by atoms with Gasteiger partial charge in [-0.1, -0.05) is 49.4 Å². The monoisotopic (exact) mass is 429 g/mol. The Morgan fingerprint density at radius 2 is 1.67 bits per heavy atom. The molecular formula is C21H23N3O5S. The van der Waals surface area contributed by atoms with Crippen molar-refractivity contribution in [1.29, 1.82) is 0 Å². The highest BCUT2D eigenvalue weighted by molar-refractivity contribution is 7.92. The number of carboxylic acid groups (broad SMARTS) is 1. The second-order valence-corrected chi connectivity index (χ2v) is 8.41. The molecule has 0 aliphatic rings. The number of nitrogens with two attached hydrogens (primary N) is 1. The predicted molar refractivity (Wildman–Crippen MR) is 113 cm³/mol. The summed E-state index contributed by atoms with van der Waals surface area (Å²) in [6.07, 6.45) is 0.819. The summed E-state index contributed by atoms with van der Waals surface area (Å²) in [4.78, 5) is 21.4. The molecular weight excluding hydrogens is 406 g/mol. The van der Waals surface area contributed by atoms with Gasteiger partial charge in [0, 0.05) is 12.6 Å². The Bertz CT molecular complexity index is 1120. The fourth-order valence-corrected chi connectivity index (χ4v) is 3.67. The maximum atomic E-state index is 11.5. The van der Waals surface area contributed by atoms with Crippen molar-refractivity contribution in [2.24, 2.45) is 12.8 Å². The standard InChI is InChI=1S/C11H11N3O.C10H12O4S/c1-14-10(11(12)15)7-9(13-14)8-5-3-2-4-6-8;1-2-8-3-5-9(6-4-8)15(13,14)7-10(11)12/h2-7H,1H3,(H2,12,15);3-6H,2,7H2,1H3,(H,11,12). The highest BCUT2D eigenvalue weighted by Gasteiger charge is 2.18. The quantitative estimate of drug-likeness (QED) is 0.618. The molecule has 0 fully saturated rings. The van der Waals surface area contributed by atoms with Crippen LogP contribution < -0.4 is 5.73 Å². The van der Waals surface area contributed by atoms with Gasteiger partial charge in [0.1, 0.15) is 5.69 Å². The Balaban J connectivity index is 0.000000214. The third-order valence-electron chi connectivity index (χ3n) is 4.21. The third kappa shape index (κ3) is 6.02.